The van der Waals surface area contributed by atoms with Crippen molar-refractivity contribution in [3.8, 4) is 5.75 Å². The molecular formula is C15H23BrN2O2. The summed E-state index contributed by atoms with van der Waals surface area (Å²) < 4.78 is 6.30. The Morgan fingerprint density at radius 2 is 2.05 bits per heavy atom. The van der Waals surface area contributed by atoms with Gasteiger partial charge in [0.1, 0.15) is 5.75 Å². The van der Waals surface area contributed by atoms with Gasteiger partial charge in [-0.25, -0.2) is 0 Å². The predicted octanol–water partition coefficient (Wildman–Crippen LogP) is 2.85. The van der Waals surface area contributed by atoms with Crippen molar-refractivity contribution >= 4 is 21.8 Å². The van der Waals surface area contributed by atoms with Gasteiger partial charge in [0, 0.05) is 22.1 Å². The minimum Gasteiger partial charge on any atom is -0.496 e. The molecule has 2 N–H and O–H groups in total. The lowest BCUT2D eigenvalue weighted by Crippen LogP contribution is -2.49. The Labute approximate surface area is 129 Å². The van der Waals surface area contributed by atoms with Crippen molar-refractivity contribution in [1.29, 1.82) is 0 Å². The molecule has 0 saturated carbocycles. The molecule has 0 saturated heterocycles. The number of hydrogen-bond acceptors (Lipinski definition) is 3. The lowest BCUT2D eigenvalue weighted by molar-refractivity contribution is -0.124. The molecule has 1 aromatic carbocycles. The summed E-state index contributed by atoms with van der Waals surface area (Å²) in [7, 11) is 1.64. The lowest BCUT2D eigenvalue weighted by Gasteiger charge is -2.24. The van der Waals surface area contributed by atoms with Crippen molar-refractivity contribution in [2.75, 3.05) is 7.11 Å². The van der Waals surface area contributed by atoms with E-state index >= 15 is 0 Å². The zero-order chi connectivity index (χ0) is 15.3. The number of benzene rings is 1. The standard InChI is InChI=1S/C15H23BrN2O2/c1-10(14(19)18-15(2,3)4)17-9-11-8-12(16)6-7-13(11)20-5/h6-8,10,17H,9H2,1-5H3,(H,18,19). The number of halogens is 1. The summed E-state index contributed by atoms with van der Waals surface area (Å²) in [5, 5.41) is 6.16. The fraction of sp³-hybridized carbons (Fsp3) is 0.533. The number of nitrogens with one attached hydrogen (secondary N) is 2. The Bertz CT molecular complexity index is 469. The van der Waals surface area contributed by atoms with Crippen LogP contribution in [-0.2, 0) is 11.3 Å². The smallest absolute Gasteiger partial charge is 0.237 e. The van der Waals surface area contributed by atoms with Crippen LogP contribution in [0.15, 0.2) is 22.7 Å². The molecule has 0 spiro atoms. The van der Waals surface area contributed by atoms with E-state index in [0.29, 0.717) is 6.54 Å². The summed E-state index contributed by atoms with van der Waals surface area (Å²) in [5.41, 5.74) is 0.790. The van der Waals surface area contributed by atoms with Crippen LogP contribution in [-0.4, -0.2) is 24.6 Å². The Balaban J connectivity index is 2.63. The first-order chi connectivity index (χ1) is 9.23. The molecule has 1 unspecified atom stereocenters. The number of rotatable bonds is 5. The molecule has 0 radical (unpaired) electrons. The van der Waals surface area contributed by atoms with Crippen LogP contribution < -0.4 is 15.4 Å². The molecule has 1 atom stereocenters. The monoisotopic (exact) mass is 342 g/mol. The first-order valence-electron chi connectivity index (χ1n) is 6.61. The van der Waals surface area contributed by atoms with Gasteiger partial charge in [-0.2, -0.15) is 0 Å². The highest BCUT2D eigenvalue weighted by molar-refractivity contribution is 9.10. The van der Waals surface area contributed by atoms with Gasteiger partial charge < -0.3 is 15.4 Å². The lowest BCUT2D eigenvalue weighted by atomic mass is 10.1. The number of ether oxygens (including phenoxy) is 1. The summed E-state index contributed by atoms with van der Waals surface area (Å²) in [6, 6.07) is 5.55. The van der Waals surface area contributed by atoms with Crippen LogP contribution in [0.2, 0.25) is 0 Å². The van der Waals surface area contributed by atoms with Crippen LogP contribution in [0.4, 0.5) is 0 Å². The van der Waals surface area contributed by atoms with Crippen LogP contribution in [0, 0.1) is 0 Å². The van der Waals surface area contributed by atoms with Gasteiger partial charge in [0.15, 0.2) is 0 Å². The first-order valence-corrected chi connectivity index (χ1v) is 7.40. The van der Waals surface area contributed by atoms with Crippen molar-refractivity contribution in [1.82, 2.24) is 10.6 Å². The van der Waals surface area contributed by atoms with Crippen molar-refractivity contribution in [3.05, 3.63) is 28.2 Å². The molecule has 0 aromatic heterocycles. The number of carbonyl (C=O) groups is 1. The van der Waals surface area contributed by atoms with E-state index in [2.05, 4.69) is 26.6 Å². The molecule has 0 aliphatic carbocycles. The molecule has 20 heavy (non-hydrogen) atoms. The minimum absolute atomic E-state index is 0.00790. The maximum Gasteiger partial charge on any atom is 0.237 e. The van der Waals surface area contributed by atoms with Crippen LogP contribution in [0.3, 0.4) is 0 Å². The topological polar surface area (TPSA) is 50.4 Å². The van der Waals surface area contributed by atoms with E-state index in [1.54, 1.807) is 7.11 Å². The Kier molecular flexibility index (Phi) is 6.02. The summed E-state index contributed by atoms with van der Waals surface area (Å²) in [6.07, 6.45) is 0. The summed E-state index contributed by atoms with van der Waals surface area (Å²) in [4.78, 5) is 12.0. The van der Waals surface area contributed by atoms with Crippen molar-refractivity contribution in [3.63, 3.8) is 0 Å². The van der Waals surface area contributed by atoms with Gasteiger partial charge >= 0.3 is 0 Å². The van der Waals surface area contributed by atoms with Crippen molar-refractivity contribution in [2.45, 2.75) is 45.8 Å². The maximum atomic E-state index is 12.0. The van der Waals surface area contributed by atoms with E-state index < -0.39 is 0 Å². The molecule has 0 heterocycles. The third-order valence-corrected chi connectivity index (χ3v) is 3.23. The van der Waals surface area contributed by atoms with Gasteiger partial charge in [0.2, 0.25) is 5.91 Å². The van der Waals surface area contributed by atoms with Gasteiger partial charge in [-0.1, -0.05) is 15.9 Å². The predicted molar refractivity (Wildman–Crippen MR) is 84.9 cm³/mol. The SMILES string of the molecule is COc1ccc(Br)cc1CNC(C)C(=O)NC(C)(C)C. The number of hydrogen-bond donors (Lipinski definition) is 2. The molecule has 0 aliphatic heterocycles. The second kappa shape index (κ2) is 7.09. The van der Waals surface area contributed by atoms with Gasteiger partial charge in [-0.15, -0.1) is 0 Å². The van der Waals surface area contributed by atoms with Crippen LogP contribution >= 0.6 is 15.9 Å². The van der Waals surface area contributed by atoms with Gasteiger partial charge in [-0.3, -0.25) is 4.79 Å². The Hall–Kier alpha value is -1.07. The highest BCUT2D eigenvalue weighted by atomic mass is 79.9. The summed E-state index contributed by atoms with van der Waals surface area (Å²) in [6.45, 7) is 8.33. The van der Waals surface area contributed by atoms with E-state index in [1.807, 2.05) is 45.9 Å². The molecule has 1 rings (SSSR count). The minimum atomic E-state index is -0.266. The van der Waals surface area contributed by atoms with Crippen molar-refractivity contribution in [2.24, 2.45) is 0 Å². The van der Waals surface area contributed by atoms with Crippen molar-refractivity contribution < 1.29 is 9.53 Å². The number of carbonyl (C=O) groups excluding carboxylic acids is 1. The van der Waals surface area contributed by atoms with E-state index in [0.717, 1.165) is 15.8 Å². The number of amides is 1. The average Bonchev–Trinajstić information content (AvgIpc) is 2.34. The average molecular weight is 343 g/mol. The van der Waals surface area contributed by atoms with Crippen LogP contribution in [0.5, 0.6) is 5.75 Å². The summed E-state index contributed by atoms with van der Waals surface area (Å²) in [5.74, 6) is 0.801. The quantitative estimate of drug-likeness (QED) is 0.864. The molecule has 0 aliphatic rings. The second-order valence-electron chi connectivity index (χ2n) is 5.80. The molecule has 4 nitrogen and oxygen atoms in total. The number of methoxy groups -OCH3 is 1. The zero-order valence-corrected chi connectivity index (χ0v) is 14.3. The van der Waals surface area contributed by atoms with E-state index in [4.69, 9.17) is 4.74 Å². The Morgan fingerprint density at radius 1 is 1.40 bits per heavy atom. The third kappa shape index (κ3) is 5.51. The molecular weight excluding hydrogens is 320 g/mol. The van der Waals surface area contributed by atoms with E-state index in [-0.39, 0.29) is 17.5 Å². The first kappa shape index (κ1) is 17.0. The van der Waals surface area contributed by atoms with Crippen LogP contribution in [0.25, 0.3) is 0 Å². The highest BCUT2D eigenvalue weighted by Gasteiger charge is 2.19. The highest BCUT2D eigenvalue weighted by Crippen LogP contribution is 2.22. The normalized spacial score (nSPS) is 12.9. The fourth-order valence-electron chi connectivity index (χ4n) is 1.72. The Morgan fingerprint density at radius 3 is 2.60 bits per heavy atom. The molecule has 112 valence electrons. The zero-order valence-electron chi connectivity index (χ0n) is 12.7. The maximum absolute atomic E-state index is 12.0. The van der Waals surface area contributed by atoms with Crippen LogP contribution in [0.1, 0.15) is 33.3 Å². The van der Waals surface area contributed by atoms with Gasteiger partial charge in [-0.05, 0) is 45.9 Å². The fourth-order valence-corrected chi connectivity index (χ4v) is 2.13. The largest absolute Gasteiger partial charge is 0.496 e. The molecule has 1 amide bonds. The summed E-state index contributed by atoms with van der Waals surface area (Å²) >= 11 is 3.44. The molecule has 1 aromatic rings. The van der Waals surface area contributed by atoms with Gasteiger partial charge in [0.05, 0.1) is 13.2 Å². The van der Waals surface area contributed by atoms with E-state index in [9.17, 15) is 4.79 Å². The molecule has 5 heteroatoms. The molecule has 0 fully saturated rings. The second-order valence-corrected chi connectivity index (χ2v) is 6.71. The molecule has 0 bridgehead atoms. The van der Waals surface area contributed by atoms with E-state index in [1.165, 1.54) is 0 Å². The third-order valence-electron chi connectivity index (χ3n) is 2.73. The van der Waals surface area contributed by atoms with Gasteiger partial charge in [0.25, 0.3) is 0 Å².